The Labute approximate surface area is 165 Å². The molecule has 0 aliphatic carbocycles. The van der Waals surface area contributed by atoms with Gasteiger partial charge in [0.2, 0.25) is 0 Å². The number of aryl methyl sites for hydroxylation is 1. The summed E-state index contributed by atoms with van der Waals surface area (Å²) < 4.78 is 11.3. The van der Waals surface area contributed by atoms with Crippen LogP contribution in [0.15, 0.2) is 42.5 Å². The zero-order chi connectivity index (χ0) is 19.6. The van der Waals surface area contributed by atoms with Crippen molar-refractivity contribution in [2.45, 2.75) is 32.5 Å². The average molecular weight is 390 g/mol. The Kier molecular flexibility index (Phi) is 8.48. The number of rotatable bonds is 11. The highest BCUT2D eigenvalue weighted by Crippen LogP contribution is 2.29. The van der Waals surface area contributed by atoms with E-state index in [4.69, 9.17) is 9.47 Å². The number of thioether (sulfide) groups is 1. The van der Waals surface area contributed by atoms with Gasteiger partial charge < -0.3 is 19.9 Å². The number of hydrogen-bond acceptors (Lipinski definition) is 5. The molecule has 6 heteroatoms. The largest absolute Gasteiger partial charge is 0.493 e. The predicted octanol–water partition coefficient (Wildman–Crippen LogP) is 3.88. The van der Waals surface area contributed by atoms with Gasteiger partial charge in [-0.05, 0) is 48.6 Å². The molecular weight excluding hydrogens is 362 g/mol. The summed E-state index contributed by atoms with van der Waals surface area (Å²) in [5.74, 6) is 1.28. The summed E-state index contributed by atoms with van der Waals surface area (Å²) in [7, 11) is 1.60. The van der Waals surface area contributed by atoms with E-state index < -0.39 is 12.0 Å². The van der Waals surface area contributed by atoms with E-state index >= 15 is 0 Å². The first-order chi connectivity index (χ1) is 13.0. The first-order valence-corrected chi connectivity index (χ1v) is 10.2. The molecule has 0 aliphatic heterocycles. The average Bonchev–Trinajstić information content (AvgIpc) is 2.67. The summed E-state index contributed by atoms with van der Waals surface area (Å²) in [5.41, 5.74) is 3.25. The lowest BCUT2D eigenvalue weighted by Crippen LogP contribution is -2.36. The van der Waals surface area contributed by atoms with Gasteiger partial charge in [0, 0.05) is 6.54 Å². The second-order valence-electron chi connectivity index (χ2n) is 6.31. The molecule has 1 atom stereocenters. The van der Waals surface area contributed by atoms with Gasteiger partial charge in [0.05, 0.1) is 7.11 Å². The van der Waals surface area contributed by atoms with E-state index in [2.05, 4.69) is 24.4 Å². The molecule has 0 saturated carbocycles. The van der Waals surface area contributed by atoms with E-state index in [1.165, 1.54) is 5.56 Å². The molecule has 0 fully saturated rings. The minimum Gasteiger partial charge on any atom is -0.493 e. The Morgan fingerprint density at radius 2 is 1.85 bits per heavy atom. The van der Waals surface area contributed by atoms with Crippen LogP contribution in [0, 0.1) is 6.92 Å². The molecule has 2 N–H and O–H groups in total. The third-order valence-electron chi connectivity index (χ3n) is 4.20. The fourth-order valence-corrected chi connectivity index (χ4v) is 3.05. The maximum Gasteiger partial charge on any atom is 0.320 e. The maximum atomic E-state index is 11.3. The standard InChI is InChI=1S/C21H27NO4S/c1-15-4-6-16(7-5-15)14-26-19-9-8-17(12-20(19)25-2)13-22-18(21(23)24)10-11-27-3/h4-9,12,18,22H,10-11,13-14H2,1-3H3,(H,23,24). The van der Waals surface area contributed by atoms with Crippen LogP contribution < -0.4 is 14.8 Å². The summed E-state index contributed by atoms with van der Waals surface area (Å²) in [5, 5.41) is 12.4. The lowest BCUT2D eigenvalue weighted by Gasteiger charge is -2.16. The van der Waals surface area contributed by atoms with Crippen LogP contribution in [-0.4, -0.2) is 36.2 Å². The zero-order valence-electron chi connectivity index (χ0n) is 16.0. The van der Waals surface area contributed by atoms with Crippen molar-refractivity contribution in [2.75, 3.05) is 19.1 Å². The lowest BCUT2D eigenvalue weighted by atomic mass is 10.1. The second kappa shape index (κ2) is 10.8. The van der Waals surface area contributed by atoms with Crippen molar-refractivity contribution in [1.29, 1.82) is 0 Å². The highest BCUT2D eigenvalue weighted by Gasteiger charge is 2.16. The second-order valence-corrected chi connectivity index (χ2v) is 7.30. The first-order valence-electron chi connectivity index (χ1n) is 8.84. The van der Waals surface area contributed by atoms with E-state index in [-0.39, 0.29) is 0 Å². The molecule has 0 heterocycles. The van der Waals surface area contributed by atoms with Gasteiger partial charge in [-0.2, -0.15) is 11.8 Å². The molecule has 0 bridgehead atoms. The van der Waals surface area contributed by atoms with Crippen LogP contribution in [0.1, 0.15) is 23.1 Å². The summed E-state index contributed by atoms with van der Waals surface area (Å²) in [6.45, 7) is 2.97. The number of benzene rings is 2. The maximum absolute atomic E-state index is 11.3. The lowest BCUT2D eigenvalue weighted by molar-refractivity contribution is -0.139. The van der Waals surface area contributed by atoms with Crippen LogP contribution in [0.4, 0.5) is 0 Å². The van der Waals surface area contributed by atoms with Crippen LogP contribution in [0.2, 0.25) is 0 Å². The van der Waals surface area contributed by atoms with E-state index in [1.54, 1.807) is 18.9 Å². The highest BCUT2D eigenvalue weighted by molar-refractivity contribution is 7.98. The number of nitrogens with one attached hydrogen (secondary N) is 1. The molecule has 0 spiro atoms. The molecule has 2 aromatic carbocycles. The van der Waals surface area contributed by atoms with Crippen LogP contribution in [-0.2, 0) is 17.9 Å². The zero-order valence-corrected chi connectivity index (χ0v) is 16.8. The molecule has 27 heavy (non-hydrogen) atoms. The van der Waals surface area contributed by atoms with Crippen molar-refractivity contribution in [3.05, 3.63) is 59.2 Å². The fraction of sp³-hybridized carbons (Fsp3) is 0.381. The molecule has 2 rings (SSSR count). The van der Waals surface area contributed by atoms with E-state index in [0.29, 0.717) is 31.1 Å². The van der Waals surface area contributed by atoms with Gasteiger partial charge in [-0.3, -0.25) is 4.79 Å². The Bertz CT molecular complexity index is 733. The number of hydrogen-bond donors (Lipinski definition) is 2. The molecule has 0 aliphatic rings. The number of carboxylic acid groups (broad SMARTS) is 1. The molecule has 146 valence electrons. The smallest absolute Gasteiger partial charge is 0.320 e. The Balaban J connectivity index is 1.97. The minimum atomic E-state index is -0.825. The molecule has 0 amide bonds. The Morgan fingerprint density at radius 1 is 1.15 bits per heavy atom. The Morgan fingerprint density at radius 3 is 2.48 bits per heavy atom. The van der Waals surface area contributed by atoms with Crippen LogP contribution in [0.3, 0.4) is 0 Å². The Hall–Kier alpha value is -2.18. The van der Waals surface area contributed by atoms with Crippen molar-refractivity contribution in [1.82, 2.24) is 5.32 Å². The van der Waals surface area contributed by atoms with Crippen molar-refractivity contribution in [3.63, 3.8) is 0 Å². The monoisotopic (exact) mass is 389 g/mol. The van der Waals surface area contributed by atoms with Gasteiger partial charge in [0.15, 0.2) is 11.5 Å². The van der Waals surface area contributed by atoms with Gasteiger partial charge >= 0.3 is 5.97 Å². The number of ether oxygens (including phenoxy) is 2. The van der Waals surface area contributed by atoms with E-state index in [1.807, 2.05) is 36.6 Å². The van der Waals surface area contributed by atoms with Crippen molar-refractivity contribution in [2.24, 2.45) is 0 Å². The van der Waals surface area contributed by atoms with Crippen molar-refractivity contribution < 1.29 is 19.4 Å². The highest BCUT2D eigenvalue weighted by atomic mass is 32.2. The normalized spacial score (nSPS) is 11.8. The van der Waals surface area contributed by atoms with Gasteiger partial charge in [-0.25, -0.2) is 0 Å². The molecule has 1 unspecified atom stereocenters. The van der Waals surface area contributed by atoms with Gasteiger partial charge in [-0.1, -0.05) is 35.9 Å². The van der Waals surface area contributed by atoms with Gasteiger partial charge in [-0.15, -0.1) is 0 Å². The van der Waals surface area contributed by atoms with E-state index in [0.717, 1.165) is 16.9 Å². The number of methoxy groups -OCH3 is 1. The van der Waals surface area contributed by atoms with Crippen LogP contribution in [0.25, 0.3) is 0 Å². The third kappa shape index (κ3) is 6.81. The van der Waals surface area contributed by atoms with Crippen LogP contribution >= 0.6 is 11.8 Å². The first kappa shape index (κ1) is 21.1. The number of carbonyl (C=O) groups is 1. The SMILES string of the molecule is COc1cc(CNC(CCSC)C(=O)O)ccc1OCc1ccc(C)cc1. The summed E-state index contributed by atoms with van der Waals surface area (Å²) in [4.78, 5) is 11.3. The quantitative estimate of drug-likeness (QED) is 0.608. The summed E-state index contributed by atoms with van der Waals surface area (Å²) in [6.07, 6.45) is 2.56. The minimum absolute atomic E-state index is 0.458. The molecule has 2 aromatic rings. The molecule has 0 aromatic heterocycles. The number of carboxylic acids is 1. The number of aliphatic carboxylic acids is 1. The fourth-order valence-electron chi connectivity index (χ4n) is 2.58. The third-order valence-corrected chi connectivity index (χ3v) is 4.85. The van der Waals surface area contributed by atoms with Crippen molar-refractivity contribution in [3.8, 4) is 11.5 Å². The van der Waals surface area contributed by atoms with Crippen molar-refractivity contribution >= 4 is 17.7 Å². The topological polar surface area (TPSA) is 67.8 Å². The molecule has 0 radical (unpaired) electrons. The molecular formula is C21H27NO4S. The predicted molar refractivity (Wildman–Crippen MR) is 110 cm³/mol. The summed E-state index contributed by atoms with van der Waals surface area (Å²) in [6, 6.07) is 13.3. The van der Waals surface area contributed by atoms with E-state index in [9.17, 15) is 9.90 Å². The molecule has 5 nitrogen and oxygen atoms in total. The van der Waals surface area contributed by atoms with Gasteiger partial charge in [0.1, 0.15) is 12.6 Å². The summed E-state index contributed by atoms with van der Waals surface area (Å²) >= 11 is 1.64. The van der Waals surface area contributed by atoms with Crippen LogP contribution in [0.5, 0.6) is 11.5 Å². The molecule has 0 saturated heterocycles. The van der Waals surface area contributed by atoms with Gasteiger partial charge in [0.25, 0.3) is 0 Å².